The van der Waals surface area contributed by atoms with E-state index >= 15 is 0 Å². The lowest BCUT2D eigenvalue weighted by Crippen LogP contribution is -2.00. The number of carbonyl (C=O) groups excluding carboxylic acids is 1. The summed E-state index contributed by atoms with van der Waals surface area (Å²) in [7, 11) is 7.93. The van der Waals surface area contributed by atoms with Crippen LogP contribution in [0, 0.1) is 6.92 Å². The standard InChI is InChI=1S/C19H17N7O.C3H9N/c1-11-21-22-19-6-5-16(24-26(11)19)18-8-17(23-25(18)2)15-7-14(15)12-3-4-13(10-27)20-9-12;1-4(2)3/h3-6,8-10,14-15H,7H2,1-2H3;1-3H3. The van der Waals surface area contributed by atoms with Crippen LogP contribution in [-0.4, -0.2) is 66.9 Å². The maximum Gasteiger partial charge on any atom is 0.177 e. The fraction of sp³-hybridized carbons (Fsp3) is 0.364. The molecule has 0 aromatic carbocycles. The molecule has 0 aliphatic heterocycles. The van der Waals surface area contributed by atoms with Gasteiger partial charge in [-0.2, -0.15) is 14.7 Å². The molecule has 4 heterocycles. The van der Waals surface area contributed by atoms with E-state index in [2.05, 4.69) is 26.3 Å². The normalized spacial score (nSPS) is 17.5. The zero-order valence-corrected chi connectivity index (χ0v) is 18.4. The minimum Gasteiger partial charge on any atom is -0.312 e. The van der Waals surface area contributed by atoms with Crippen molar-refractivity contribution in [1.29, 1.82) is 0 Å². The largest absolute Gasteiger partial charge is 0.312 e. The highest BCUT2D eigenvalue weighted by Gasteiger charge is 2.41. The third kappa shape index (κ3) is 4.36. The summed E-state index contributed by atoms with van der Waals surface area (Å²) in [6.07, 6.45) is 3.60. The predicted molar refractivity (Wildman–Crippen MR) is 117 cm³/mol. The molecule has 1 aliphatic rings. The number of carbonyl (C=O) groups is 1. The van der Waals surface area contributed by atoms with E-state index in [4.69, 9.17) is 5.10 Å². The zero-order chi connectivity index (χ0) is 22.1. The SMILES string of the molecule is CN(C)C.Cc1nnc2ccc(-c3cc(C4CC4c4ccc(C=O)nc4)nn3C)nn12. The molecule has 31 heavy (non-hydrogen) atoms. The maximum atomic E-state index is 10.8. The van der Waals surface area contributed by atoms with Gasteiger partial charge in [-0.25, -0.2) is 0 Å². The van der Waals surface area contributed by atoms with E-state index in [-0.39, 0.29) is 0 Å². The predicted octanol–water partition coefficient (Wildman–Crippen LogP) is 2.49. The second-order valence-corrected chi connectivity index (χ2v) is 8.24. The number of hydrogen-bond donors (Lipinski definition) is 0. The first-order valence-electron chi connectivity index (χ1n) is 10.1. The Balaban J connectivity index is 0.000000535. The van der Waals surface area contributed by atoms with Crippen molar-refractivity contribution in [3.63, 3.8) is 0 Å². The number of fused-ring (bicyclic) bond motifs is 1. The summed E-state index contributed by atoms with van der Waals surface area (Å²) >= 11 is 0. The highest BCUT2D eigenvalue weighted by atomic mass is 16.1. The van der Waals surface area contributed by atoms with E-state index in [1.807, 2.05) is 62.9 Å². The van der Waals surface area contributed by atoms with E-state index in [1.54, 1.807) is 16.8 Å². The Morgan fingerprint density at radius 2 is 1.84 bits per heavy atom. The molecule has 2 unspecified atom stereocenters. The van der Waals surface area contributed by atoms with Gasteiger partial charge in [0.2, 0.25) is 0 Å². The third-order valence-electron chi connectivity index (χ3n) is 5.11. The van der Waals surface area contributed by atoms with Crippen molar-refractivity contribution in [2.75, 3.05) is 21.1 Å². The number of hydrogen-bond acceptors (Lipinski definition) is 7. The summed E-state index contributed by atoms with van der Waals surface area (Å²) in [6, 6.07) is 9.70. The molecule has 2 atom stereocenters. The Hall–Kier alpha value is -3.46. The lowest BCUT2D eigenvalue weighted by atomic mass is 10.1. The van der Waals surface area contributed by atoms with Crippen molar-refractivity contribution < 1.29 is 4.79 Å². The first-order chi connectivity index (χ1) is 14.9. The van der Waals surface area contributed by atoms with Crippen LogP contribution >= 0.6 is 0 Å². The molecular formula is C22H26N8O. The van der Waals surface area contributed by atoms with Crippen molar-refractivity contribution in [2.45, 2.75) is 25.2 Å². The second kappa shape index (κ2) is 8.35. The van der Waals surface area contributed by atoms with Crippen LogP contribution in [0.2, 0.25) is 0 Å². The van der Waals surface area contributed by atoms with Crippen molar-refractivity contribution in [3.8, 4) is 11.4 Å². The lowest BCUT2D eigenvalue weighted by molar-refractivity contribution is 0.111. The molecule has 4 aromatic heterocycles. The van der Waals surface area contributed by atoms with Gasteiger partial charge < -0.3 is 4.90 Å². The molecule has 4 aromatic rings. The Morgan fingerprint density at radius 1 is 1.06 bits per heavy atom. The van der Waals surface area contributed by atoms with Crippen LogP contribution in [0.3, 0.4) is 0 Å². The summed E-state index contributed by atoms with van der Waals surface area (Å²) in [4.78, 5) is 16.9. The molecule has 0 radical (unpaired) electrons. The molecule has 0 spiro atoms. The summed E-state index contributed by atoms with van der Waals surface area (Å²) in [5.41, 5.74) is 5.19. The smallest absolute Gasteiger partial charge is 0.177 e. The van der Waals surface area contributed by atoms with Crippen LogP contribution in [-0.2, 0) is 7.05 Å². The monoisotopic (exact) mass is 418 g/mol. The van der Waals surface area contributed by atoms with Crippen LogP contribution in [0.25, 0.3) is 17.0 Å². The van der Waals surface area contributed by atoms with Gasteiger partial charge in [0, 0.05) is 19.2 Å². The lowest BCUT2D eigenvalue weighted by Gasteiger charge is -2.01. The van der Waals surface area contributed by atoms with Gasteiger partial charge in [0.05, 0.1) is 11.4 Å². The molecule has 0 bridgehead atoms. The van der Waals surface area contributed by atoms with Crippen LogP contribution in [0.4, 0.5) is 0 Å². The molecule has 9 heteroatoms. The van der Waals surface area contributed by atoms with Crippen molar-refractivity contribution >= 4 is 11.9 Å². The summed E-state index contributed by atoms with van der Waals surface area (Å²) in [5.74, 6) is 1.52. The van der Waals surface area contributed by atoms with E-state index in [1.165, 1.54) is 0 Å². The average Bonchev–Trinajstić information content (AvgIpc) is 3.34. The Kier molecular flexibility index (Phi) is 5.60. The minimum absolute atomic E-state index is 0.370. The molecule has 5 rings (SSSR count). The average molecular weight is 419 g/mol. The fourth-order valence-electron chi connectivity index (χ4n) is 3.54. The summed E-state index contributed by atoms with van der Waals surface area (Å²) < 4.78 is 3.61. The van der Waals surface area contributed by atoms with Crippen LogP contribution in [0.5, 0.6) is 0 Å². The molecule has 1 aliphatic carbocycles. The zero-order valence-electron chi connectivity index (χ0n) is 18.4. The number of rotatable bonds is 4. The van der Waals surface area contributed by atoms with E-state index in [9.17, 15) is 4.79 Å². The van der Waals surface area contributed by atoms with E-state index in [0.29, 0.717) is 17.5 Å². The minimum atomic E-state index is 0.370. The fourth-order valence-corrected chi connectivity index (χ4v) is 3.54. The van der Waals surface area contributed by atoms with Gasteiger partial charge in [-0.3, -0.25) is 14.5 Å². The molecule has 9 nitrogen and oxygen atoms in total. The van der Waals surface area contributed by atoms with Gasteiger partial charge in [-0.1, -0.05) is 6.07 Å². The van der Waals surface area contributed by atoms with Crippen molar-refractivity contribution in [3.05, 3.63) is 59.3 Å². The molecule has 0 N–H and O–H groups in total. The molecule has 1 saturated carbocycles. The molecule has 160 valence electrons. The van der Waals surface area contributed by atoms with Crippen LogP contribution < -0.4 is 0 Å². The van der Waals surface area contributed by atoms with Gasteiger partial charge in [0.15, 0.2) is 17.8 Å². The highest BCUT2D eigenvalue weighted by Crippen LogP contribution is 2.54. The number of aryl methyl sites for hydroxylation is 2. The van der Waals surface area contributed by atoms with Gasteiger partial charge in [-0.15, -0.1) is 10.2 Å². The second-order valence-electron chi connectivity index (χ2n) is 8.24. The van der Waals surface area contributed by atoms with Crippen LogP contribution in [0.15, 0.2) is 36.5 Å². The van der Waals surface area contributed by atoms with Crippen molar-refractivity contribution in [1.82, 2.24) is 39.5 Å². The molecule has 0 amide bonds. The number of aromatic nitrogens is 7. The first kappa shape index (κ1) is 20.8. The number of pyridine rings is 1. The quantitative estimate of drug-likeness (QED) is 0.470. The van der Waals surface area contributed by atoms with E-state index < -0.39 is 0 Å². The highest BCUT2D eigenvalue weighted by molar-refractivity contribution is 5.71. The van der Waals surface area contributed by atoms with E-state index in [0.717, 1.165) is 46.8 Å². The van der Waals surface area contributed by atoms with Gasteiger partial charge in [-0.05, 0) is 70.2 Å². The van der Waals surface area contributed by atoms with Gasteiger partial charge in [0.25, 0.3) is 0 Å². The molecule has 1 fully saturated rings. The number of aldehydes is 1. The first-order valence-corrected chi connectivity index (χ1v) is 10.1. The van der Waals surface area contributed by atoms with Gasteiger partial charge in [0.1, 0.15) is 11.4 Å². The summed E-state index contributed by atoms with van der Waals surface area (Å²) in [5, 5.41) is 17.5. The van der Waals surface area contributed by atoms with Gasteiger partial charge >= 0.3 is 0 Å². The van der Waals surface area contributed by atoms with Crippen molar-refractivity contribution in [2.24, 2.45) is 7.05 Å². The Bertz CT molecular complexity index is 1210. The Labute approximate surface area is 180 Å². The maximum absolute atomic E-state index is 10.8. The molecular weight excluding hydrogens is 392 g/mol. The van der Waals surface area contributed by atoms with Crippen LogP contribution in [0.1, 0.15) is 45.8 Å². The topological polar surface area (TPSA) is 94.1 Å². The third-order valence-corrected chi connectivity index (χ3v) is 5.11. The summed E-state index contributed by atoms with van der Waals surface area (Å²) in [6.45, 7) is 1.88. The molecule has 0 saturated heterocycles. The number of nitrogens with zero attached hydrogens (tertiary/aromatic N) is 8. The Morgan fingerprint density at radius 3 is 2.52 bits per heavy atom.